The highest BCUT2D eigenvalue weighted by molar-refractivity contribution is 6.13. The summed E-state index contributed by atoms with van der Waals surface area (Å²) in [5.41, 5.74) is 3.85. The molecule has 2 aromatic heterocycles. The van der Waals surface area contributed by atoms with Crippen LogP contribution < -0.4 is 0 Å². The third-order valence-corrected chi connectivity index (χ3v) is 4.25. The highest BCUT2D eigenvalue weighted by Crippen LogP contribution is 2.27. The van der Waals surface area contributed by atoms with Crippen LogP contribution in [0.2, 0.25) is 0 Å². The molecule has 0 radical (unpaired) electrons. The molecule has 0 aliphatic heterocycles. The molecule has 128 valence electrons. The first-order valence-corrected chi connectivity index (χ1v) is 8.30. The van der Waals surface area contributed by atoms with Crippen LogP contribution >= 0.6 is 0 Å². The predicted molar refractivity (Wildman–Crippen MR) is 103 cm³/mol. The summed E-state index contributed by atoms with van der Waals surface area (Å²) in [5, 5.41) is 1.96. The van der Waals surface area contributed by atoms with E-state index in [-0.39, 0.29) is 5.69 Å². The zero-order chi connectivity index (χ0) is 17.9. The van der Waals surface area contributed by atoms with Crippen LogP contribution in [-0.2, 0) is 11.3 Å². The van der Waals surface area contributed by atoms with E-state index >= 15 is 0 Å². The van der Waals surface area contributed by atoms with E-state index in [1.54, 1.807) is 12.3 Å². The van der Waals surface area contributed by atoms with Crippen LogP contribution in [0.25, 0.3) is 21.8 Å². The Kier molecular flexibility index (Phi) is 4.19. The van der Waals surface area contributed by atoms with Gasteiger partial charge in [-0.3, -0.25) is 4.99 Å². The number of nitrogens with one attached hydrogen (secondary N) is 1. The lowest BCUT2D eigenvalue weighted by atomic mass is 10.1. The molecule has 2 aromatic carbocycles. The topological polar surface area (TPSA) is 67.3 Å². The van der Waals surface area contributed by atoms with Crippen molar-refractivity contribution in [3.05, 3.63) is 77.6 Å². The molecule has 2 heterocycles. The Morgan fingerprint density at radius 1 is 1.12 bits per heavy atom. The monoisotopic (exact) mass is 343 g/mol. The van der Waals surface area contributed by atoms with Crippen molar-refractivity contribution in [3.63, 3.8) is 0 Å². The minimum atomic E-state index is -0.463. The van der Waals surface area contributed by atoms with E-state index in [4.69, 9.17) is 4.74 Å². The quantitative estimate of drug-likeness (QED) is 0.448. The lowest BCUT2D eigenvalue weighted by molar-refractivity contribution is 0.0594. The fraction of sp³-hybridized carbons (Fsp3) is 0.0952. The number of aromatic nitrogens is 2. The molecular formula is C21H17N3O2. The molecule has 0 atom stereocenters. The number of methoxy groups -OCH3 is 1. The van der Waals surface area contributed by atoms with Gasteiger partial charge in [0.1, 0.15) is 11.4 Å². The molecule has 4 aromatic rings. The minimum Gasteiger partial charge on any atom is -0.464 e. The van der Waals surface area contributed by atoms with Gasteiger partial charge >= 0.3 is 5.97 Å². The van der Waals surface area contributed by atoms with Gasteiger partial charge < -0.3 is 9.72 Å². The molecule has 0 saturated carbocycles. The number of aliphatic imine (C=N–C) groups is 1. The number of aromatic amines is 1. The number of fused-ring (bicyclic) bond motifs is 3. The smallest absolute Gasteiger partial charge is 0.356 e. The number of H-pyrrole nitrogens is 1. The number of hydrogen-bond donors (Lipinski definition) is 1. The average Bonchev–Trinajstić information content (AvgIpc) is 3.07. The fourth-order valence-corrected chi connectivity index (χ4v) is 2.99. The van der Waals surface area contributed by atoms with Gasteiger partial charge in [0.2, 0.25) is 0 Å². The highest BCUT2D eigenvalue weighted by Gasteiger charge is 2.15. The Morgan fingerprint density at radius 2 is 1.88 bits per heavy atom. The zero-order valence-corrected chi connectivity index (χ0v) is 14.3. The van der Waals surface area contributed by atoms with Crippen LogP contribution in [0.3, 0.4) is 0 Å². The van der Waals surface area contributed by atoms with E-state index in [9.17, 15) is 4.79 Å². The van der Waals surface area contributed by atoms with Crippen LogP contribution in [-0.4, -0.2) is 29.3 Å². The summed E-state index contributed by atoms with van der Waals surface area (Å²) in [6, 6.07) is 19.7. The summed E-state index contributed by atoms with van der Waals surface area (Å²) in [5.74, 6) is -0.463. The van der Waals surface area contributed by atoms with Gasteiger partial charge in [0.25, 0.3) is 0 Å². The molecule has 0 saturated heterocycles. The van der Waals surface area contributed by atoms with Gasteiger partial charge in [0.05, 0.1) is 19.2 Å². The average molecular weight is 343 g/mol. The molecule has 5 heteroatoms. The van der Waals surface area contributed by atoms with Gasteiger partial charge in [-0.05, 0) is 17.7 Å². The first-order chi connectivity index (χ1) is 12.8. The van der Waals surface area contributed by atoms with Crippen molar-refractivity contribution in [2.75, 3.05) is 7.11 Å². The van der Waals surface area contributed by atoms with Crippen LogP contribution in [0.1, 0.15) is 21.7 Å². The Balaban J connectivity index is 1.82. The number of ether oxygens (including phenoxy) is 1. The zero-order valence-electron chi connectivity index (χ0n) is 14.3. The van der Waals surface area contributed by atoms with Crippen molar-refractivity contribution in [1.82, 2.24) is 9.97 Å². The van der Waals surface area contributed by atoms with Crippen molar-refractivity contribution in [2.24, 2.45) is 4.99 Å². The normalized spacial score (nSPS) is 11.4. The van der Waals surface area contributed by atoms with E-state index in [0.717, 1.165) is 27.4 Å². The minimum absolute atomic E-state index is 0.269. The SMILES string of the molecule is COC(=O)c1cc2c([nH]c3ccccc32)c(C=NCc2ccccc2)n1. The van der Waals surface area contributed by atoms with Gasteiger partial charge in [-0.15, -0.1) is 0 Å². The van der Waals surface area contributed by atoms with Crippen LogP contribution in [0.5, 0.6) is 0 Å². The van der Waals surface area contributed by atoms with E-state index < -0.39 is 5.97 Å². The number of carbonyl (C=O) groups excluding carboxylic acids is 1. The van der Waals surface area contributed by atoms with E-state index in [2.05, 4.69) is 15.0 Å². The van der Waals surface area contributed by atoms with Gasteiger partial charge in [-0.2, -0.15) is 0 Å². The molecule has 0 unspecified atom stereocenters. The van der Waals surface area contributed by atoms with Crippen LogP contribution in [0.4, 0.5) is 0 Å². The molecule has 0 spiro atoms. The summed E-state index contributed by atoms with van der Waals surface area (Å²) in [7, 11) is 1.35. The van der Waals surface area contributed by atoms with Crippen LogP contribution in [0.15, 0.2) is 65.7 Å². The number of pyridine rings is 1. The van der Waals surface area contributed by atoms with Gasteiger partial charge in [0, 0.05) is 22.5 Å². The number of para-hydroxylation sites is 1. The van der Waals surface area contributed by atoms with Crippen molar-refractivity contribution in [3.8, 4) is 0 Å². The first kappa shape index (κ1) is 16.0. The summed E-state index contributed by atoms with van der Waals surface area (Å²) in [6.07, 6.45) is 1.71. The highest BCUT2D eigenvalue weighted by atomic mass is 16.5. The Morgan fingerprint density at radius 3 is 2.69 bits per heavy atom. The number of nitrogens with zero attached hydrogens (tertiary/aromatic N) is 2. The second-order valence-corrected chi connectivity index (χ2v) is 5.93. The molecule has 0 aliphatic rings. The molecule has 4 rings (SSSR count). The maximum absolute atomic E-state index is 12.0. The van der Waals surface area contributed by atoms with Crippen molar-refractivity contribution in [2.45, 2.75) is 6.54 Å². The summed E-state index contributed by atoms with van der Waals surface area (Å²) < 4.78 is 4.85. The third kappa shape index (κ3) is 2.95. The van der Waals surface area contributed by atoms with E-state index in [0.29, 0.717) is 12.2 Å². The number of esters is 1. The summed E-state index contributed by atoms with van der Waals surface area (Å²) in [6.45, 7) is 0.548. The maximum Gasteiger partial charge on any atom is 0.356 e. The third-order valence-electron chi connectivity index (χ3n) is 4.25. The van der Waals surface area contributed by atoms with E-state index in [1.165, 1.54) is 7.11 Å². The number of rotatable bonds is 4. The first-order valence-electron chi connectivity index (χ1n) is 8.30. The molecule has 0 aliphatic carbocycles. The molecule has 0 bridgehead atoms. The predicted octanol–water partition coefficient (Wildman–Crippen LogP) is 4.12. The Hall–Kier alpha value is -3.47. The van der Waals surface area contributed by atoms with Gasteiger partial charge in [-0.25, -0.2) is 9.78 Å². The second-order valence-electron chi connectivity index (χ2n) is 5.93. The standard InChI is InChI=1S/C21H17N3O2/c1-26-21(25)18-11-16-15-9-5-6-10-17(15)24-20(16)19(23-18)13-22-12-14-7-3-2-4-8-14/h2-11,13,24H,12H2,1H3. The van der Waals surface area contributed by atoms with Crippen molar-refractivity contribution < 1.29 is 9.53 Å². The van der Waals surface area contributed by atoms with Crippen molar-refractivity contribution in [1.29, 1.82) is 0 Å². The van der Waals surface area contributed by atoms with Crippen LogP contribution in [0, 0.1) is 0 Å². The number of hydrogen-bond acceptors (Lipinski definition) is 4. The maximum atomic E-state index is 12.0. The van der Waals surface area contributed by atoms with Gasteiger partial charge in [-0.1, -0.05) is 48.5 Å². The Labute approximate surface area is 150 Å². The largest absolute Gasteiger partial charge is 0.464 e. The lowest BCUT2D eigenvalue weighted by Crippen LogP contribution is -2.06. The Bertz CT molecular complexity index is 1110. The van der Waals surface area contributed by atoms with Crippen molar-refractivity contribution >= 4 is 34.0 Å². The summed E-state index contributed by atoms with van der Waals surface area (Å²) >= 11 is 0. The second kappa shape index (κ2) is 6.80. The summed E-state index contributed by atoms with van der Waals surface area (Å²) in [4.78, 5) is 24.3. The van der Waals surface area contributed by atoms with E-state index in [1.807, 2.05) is 54.6 Å². The number of benzene rings is 2. The molecular weight excluding hydrogens is 326 g/mol. The molecule has 5 nitrogen and oxygen atoms in total. The molecule has 0 amide bonds. The lowest BCUT2D eigenvalue weighted by Gasteiger charge is -2.02. The van der Waals surface area contributed by atoms with Gasteiger partial charge in [0.15, 0.2) is 0 Å². The molecule has 1 N–H and O–H groups in total. The molecule has 26 heavy (non-hydrogen) atoms. The molecule has 0 fully saturated rings. The fourth-order valence-electron chi connectivity index (χ4n) is 2.99. The number of carbonyl (C=O) groups is 1.